The number of benzene rings is 3. The lowest BCUT2D eigenvalue weighted by molar-refractivity contribution is -0.119. The van der Waals surface area contributed by atoms with Gasteiger partial charge in [-0.1, -0.05) is 34.1 Å². The summed E-state index contributed by atoms with van der Waals surface area (Å²) in [7, 11) is -4.15. The maximum absolute atomic E-state index is 13.4. The summed E-state index contributed by atoms with van der Waals surface area (Å²) in [5.74, 6) is 0.420. The van der Waals surface area contributed by atoms with Crippen LogP contribution in [0.4, 0.5) is 5.69 Å². The van der Waals surface area contributed by atoms with Crippen LogP contribution >= 0.6 is 15.9 Å². The topological polar surface area (TPSA) is 72.9 Å². The highest BCUT2D eigenvalue weighted by atomic mass is 79.9. The normalized spacial score (nSPS) is 11.1. The van der Waals surface area contributed by atoms with Gasteiger partial charge in [-0.2, -0.15) is 4.31 Å². The number of ether oxygens (including phenoxy) is 2. The van der Waals surface area contributed by atoms with Crippen LogP contribution in [0.5, 0.6) is 11.5 Å². The molecule has 0 N–H and O–H groups in total. The molecule has 0 atom stereocenters. The maximum Gasteiger partial charge on any atom is 0.278 e. The van der Waals surface area contributed by atoms with Crippen LogP contribution < -0.4 is 13.8 Å². The Morgan fingerprint density at radius 1 is 0.938 bits per heavy atom. The molecule has 0 saturated carbocycles. The van der Waals surface area contributed by atoms with Gasteiger partial charge in [0.25, 0.3) is 15.9 Å². The number of aryl methyl sites for hydroxylation is 2. The third-order valence-electron chi connectivity index (χ3n) is 4.66. The van der Waals surface area contributed by atoms with Gasteiger partial charge in [0.2, 0.25) is 0 Å². The summed E-state index contributed by atoms with van der Waals surface area (Å²) in [5.41, 5.74) is 1.88. The van der Waals surface area contributed by atoms with Crippen molar-refractivity contribution in [2.24, 2.45) is 0 Å². The second-order valence-electron chi connectivity index (χ2n) is 7.06. The molecule has 0 spiro atoms. The zero-order chi connectivity index (χ0) is 23.3. The van der Waals surface area contributed by atoms with E-state index in [1.807, 2.05) is 32.9 Å². The van der Waals surface area contributed by atoms with Crippen LogP contribution in [0.3, 0.4) is 0 Å². The maximum atomic E-state index is 13.4. The Hall–Kier alpha value is -2.84. The highest BCUT2D eigenvalue weighted by Crippen LogP contribution is 2.29. The molecule has 0 unspecified atom stereocenters. The van der Waals surface area contributed by atoms with Gasteiger partial charge in [0.15, 0.2) is 6.61 Å². The lowest BCUT2D eigenvalue weighted by Crippen LogP contribution is -2.40. The first-order valence-electron chi connectivity index (χ1n) is 9.99. The largest absolute Gasteiger partial charge is 0.494 e. The number of hydrogen-bond donors (Lipinski definition) is 0. The van der Waals surface area contributed by atoms with Crippen LogP contribution in [0.1, 0.15) is 18.1 Å². The Kier molecular flexibility index (Phi) is 7.58. The molecule has 0 aromatic heterocycles. The molecule has 0 aliphatic carbocycles. The number of sulfonamides is 1. The van der Waals surface area contributed by atoms with Crippen molar-refractivity contribution in [2.45, 2.75) is 25.7 Å². The molecular weight excluding hydrogens is 494 g/mol. The van der Waals surface area contributed by atoms with Gasteiger partial charge in [0, 0.05) is 4.47 Å². The third-order valence-corrected chi connectivity index (χ3v) is 6.88. The fourth-order valence-corrected chi connectivity index (χ4v) is 5.40. The summed E-state index contributed by atoms with van der Waals surface area (Å²) < 4.78 is 39.7. The molecule has 32 heavy (non-hydrogen) atoms. The number of rotatable bonds is 8. The highest BCUT2D eigenvalue weighted by Gasteiger charge is 2.31. The molecule has 0 aliphatic heterocycles. The summed E-state index contributed by atoms with van der Waals surface area (Å²) in [6.45, 7) is 5.62. The molecule has 0 bridgehead atoms. The molecule has 0 fully saturated rings. The molecule has 6 nitrogen and oxygen atoms in total. The van der Waals surface area contributed by atoms with Crippen molar-refractivity contribution >= 4 is 37.5 Å². The van der Waals surface area contributed by atoms with Gasteiger partial charge in [-0.15, -0.1) is 0 Å². The predicted molar refractivity (Wildman–Crippen MR) is 128 cm³/mol. The fraction of sp³-hybridized carbons (Fsp3) is 0.208. The van der Waals surface area contributed by atoms with Crippen LogP contribution in [-0.2, 0) is 14.8 Å². The van der Waals surface area contributed by atoms with Crippen LogP contribution in [0.15, 0.2) is 76.1 Å². The highest BCUT2D eigenvalue weighted by molar-refractivity contribution is 9.10. The van der Waals surface area contributed by atoms with E-state index in [0.717, 1.165) is 19.9 Å². The summed E-state index contributed by atoms with van der Waals surface area (Å²) in [6, 6.07) is 17.9. The molecule has 0 radical (unpaired) electrons. The molecule has 168 valence electrons. The lowest BCUT2D eigenvalue weighted by Gasteiger charge is -2.23. The average molecular weight is 518 g/mol. The van der Waals surface area contributed by atoms with Gasteiger partial charge < -0.3 is 9.47 Å². The first kappa shape index (κ1) is 23.8. The Bertz CT molecular complexity index is 1170. The van der Waals surface area contributed by atoms with Crippen molar-refractivity contribution in [1.82, 2.24) is 0 Å². The zero-order valence-corrected chi connectivity index (χ0v) is 20.4. The molecule has 3 rings (SSSR count). The smallest absolute Gasteiger partial charge is 0.278 e. The first-order valence-corrected chi connectivity index (χ1v) is 12.2. The number of carbonyl (C=O) groups excluding carboxylic acids is 1. The SMILES string of the molecule is CCOc1ccc(N(C(=O)COc2c(C)cc(Br)cc2C)S(=O)(=O)c2ccccc2)cc1. The van der Waals surface area contributed by atoms with E-state index in [9.17, 15) is 13.2 Å². The quantitative estimate of drug-likeness (QED) is 0.407. The van der Waals surface area contributed by atoms with E-state index < -0.39 is 22.5 Å². The Labute approximate surface area is 197 Å². The zero-order valence-electron chi connectivity index (χ0n) is 18.0. The Morgan fingerprint density at radius 3 is 2.09 bits per heavy atom. The third kappa shape index (κ3) is 5.31. The van der Waals surface area contributed by atoms with Crippen LogP contribution in [0.25, 0.3) is 0 Å². The van der Waals surface area contributed by atoms with E-state index in [2.05, 4.69) is 15.9 Å². The summed E-state index contributed by atoms with van der Waals surface area (Å²) in [5, 5.41) is 0. The average Bonchev–Trinajstić information content (AvgIpc) is 2.75. The van der Waals surface area contributed by atoms with Crippen molar-refractivity contribution in [3.05, 3.63) is 82.3 Å². The van der Waals surface area contributed by atoms with Crippen LogP contribution in [0.2, 0.25) is 0 Å². The van der Waals surface area contributed by atoms with Crippen LogP contribution in [0, 0.1) is 13.8 Å². The molecule has 1 amide bonds. The number of halogens is 1. The molecule has 0 aliphatic rings. The lowest BCUT2D eigenvalue weighted by atomic mass is 10.1. The minimum Gasteiger partial charge on any atom is -0.494 e. The summed E-state index contributed by atoms with van der Waals surface area (Å²) in [6.07, 6.45) is 0. The monoisotopic (exact) mass is 517 g/mol. The van der Waals surface area contributed by atoms with E-state index in [1.165, 1.54) is 12.1 Å². The van der Waals surface area contributed by atoms with Gasteiger partial charge in [0.05, 0.1) is 17.2 Å². The minimum atomic E-state index is -4.15. The molecule has 8 heteroatoms. The standard InChI is InChI=1S/C24H24BrNO5S/c1-4-30-21-12-10-20(11-13-21)26(32(28,29)22-8-6-5-7-9-22)23(27)16-31-24-17(2)14-19(25)15-18(24)3/h5-15H,4,16H2,1-3H3. The first-order chi connectivity index (χ1) is 15.2. The second-order valence-corrected chi connectivity index (χ2v) is 9.76. The molecule has 0 saturated heterocycles. The minimum absolute atomic E-state index is 0.0123. The Morgan fingerprint density at radius 2 is 1.53 bits per heavy atom. The number of amides is 1. The number of nitrogens with zero attached hydrogens (tertiary/aromatic N) is 1. The summed E-state index contributed by atoms with van der Waals surface area (Å²) >= 11 is 3.43. The predicted octanol–water partition coefficient (Wildman–Crippen LogP) is 5.27. The van der Waals surface area contributed by atoms with E-state index in [4.69, 9.17) is 9.47 Å². The fourth-order valence-electron chi connectivity index (χ4n) is 3.28. The molecule has 3 aromatic rings. The van der Waals surface area contributed by atoms with Crippen LogP contribution in [-0.4, -0.2) is 27.5 Å². The van der Waals surface area contributed by atoms with Gasteiger partial charge in [-0.3, -0.25) is 4.79 Å². The number of hydrogen-bond acceptors (Lipinski definition) is 5. The van der Waals surface area contributed by atoms with Crippen molar-refractivity contribution in [1.29, 1.82) is 0 Å². The van der Waals surface area contributed by atoms with Gasteiger partial charge in [-0.25, -0.2) is 8.42 Å². The van der Waals surface area contributed by atoms with Gasteiger partial charge in [-0.05, 0) is 80.4 Å². The molecule has 0 heterocycles. The van der Waals surface area contributed by atoms with E-state index >= 15 is 0 Å². The number of carbonyl (C=O) groups is 1. The van der Waals surface area contributed by atoms with Gasteiger partial charge in [0.1, 0.15) is 11.5 Å². The Balaban J connectivity index is 1.96. The van der Waals surface area contributed by atoms with Crippen molar-refractivity contribution in [2.75, 3.05) is 17.5 Å². The van der Waals surface area contributed by atoms with Gasteiger partial charge >= 0.3 is 0 Å². The molecule has 3 aromatic carbocycles. The van der Waals surface area contributed by atoms with Crippen molar-refractivity contribution in [3.63, 3.8) is 0 Å². The number of anilines is 1. The van der Waals surface area contributed by atoms with E-state index in [-0.39, 0.29) is 10.6 Å². The second kappa shape index (κ2) is 10.2. The van der Waals surface area contributed by atoms with E-state index in [0.29, 0.717) is 18.1 Å². The molecular formula is C24H24BrNO5S. The van der Waals surface area contributed by atoms with Crippen molar-refractivity contribution in [3.8, 4) is 11.5 Å². The van der Waals surface area contributed by atoms with Crippen molar-refractivity contribution < 1.29 is 22.7 Å². The van der Waals surface area contributed by atoms with E-state index in [1.54, 1.807) is 42.5 Å². The summed E-state index contributed by atoms with van der Waals surface area (Å²) in [4.78, 5) is 13.2.